The second kappa shape index (κ2) is 12.9. The number of nitrogens with one attached hydrogen (secondary N) is 1. The Morgan fingerprint density at radius 1 is 1.09 bits per heavy atom. The highest BCUT2D eigenvalue weighted by molar-refractivity contribution is 5.77. The quantitative estimate of drug-likeness (QED) is 0.696. The average Bonchev–Trinajstić information content (AvgIpc) is 2.49. The van der Waals surface area contributed by atoms with Gasteiger partial charge in [-0.05, 0) is 34.1 Å². The molecule has 5 nitrogen and oxygen atoms in total. The summed E-state index contributed by atoms with van der Waals surface area (Å²) in [4.78, 5) is 16.5. The molecule has 0 unspecified atom stereocenters. The van der Waals surface area contributed by atoms with Crippen LogP contribution in [0, 0.1) is 0 Å². The van der Waals surface area contributed by atoms with Gasteiger partial charge in [-0.1, -0.05) is 13.8 Å². The highest BCUT2D eigenvalue weighted by atomic mass is 16.5. The molecule has 0 aromatic heterocycles. The molecule has 0 spiro atoms. The van der Waals surface area contributed by atoms with Gasteiger partial charge in [-0.2, -0.15) is 0 Å². The number of nitrogens with zero attached hydrogens (tertiary/aromatic N) is 2. The first kappa shape index (κ1) is 21.4. The van der Waals surface area contributed by atoms with Crippen LogP contribution in [0.1, 0.15) is 48.0 Å². The molecule has 132 valence electrons. The van der Waals surface area contributed by atoms with E-state index in [0.29, 0.717) is 25.7 Å². The van der Waals surface area contributed by atoms with Crippen molar-refractivity contribution in [2.75, 3.05) is 45.9 Å². The van der Waals surface area contributed by atoms with Crippen LogP contribution in [0.25, 0.3) is 0 Å². The van der Waals surface area contributed by atoms with Gasteiger partial charge in [0.1, 0.15) is 0 Å². The SMILES string of the molecule is CC.CC(C)OCCCNC(=O)CN1CCN(C(C)C)CC1. The largest absolute Gasteiger partial charge is 0.379 e. The van der Waals surface area contributed by atoms with E-state index in [1.807, 2.05) is 27.7 Å². The highest BCUT2D eigenvalue weighted by Gasteiger charge is 2.20. The maximum Gasteiger partial charge on any atom is 0.234 e. The summed E-state index contributed by atoms with van der Waals surface area (Å²) >= 11 is 0. The van der Waals surface area contributed by atoms with Crippen LogP contribution in [0.15, 0.2) is 0 Å². The normalized spacial score (nSPS) is 16.5. The number of ether oxygens (including phenoxy) is 1. The maximum absolute atomic E-state index is 11.8. The fraction of sp³-hybridized carbons (Fsp3) is 0.941. The lowest BCUT2D eigenvalue weighted by molar-refractivity contribution is -0.122. The van der Waals surface area contributed by atoms with E-state index in [1.165, 1.54) is 0 Å². The first-order chi connectivity index (χ1) is 10.5. The van der Waals surface area contributed by atoms with Crippen LogP contribution in [0.2, 0.25) is 0 Å². The Bertz CT molecular complexity index is 275. The summed E-state index contributed by atoms with van der Waals surface area (Å²) < 4.78 is 5.44. The van der Waals surface area contributed by atoms with Gasteiger partial charge >= 0.3 is 0 Å². The maximum atomic E-state index is 11.8. The lowest BCUT2D eigenvalue weighted by Gasteiger charge is -2.36. The molecule has 0 aromatic rings. The van der Waals surface area contributed by atoms with Crippen LogP contribution in [0.3, 0.4) is 0 Å². The van der Waals surface area contributed by atoms with E-state index in [4.69, 9.17) is 4.74 Å². The van der Waals surface area contributed by atoms with E-state index in [1.54, 1.807) is 0 Å². The van der Waals surface area contributed by atoms with Gasteiger partial charge in [0.25, 0.3) is 0 Å². The fourth-order valence-electron chi connectivity index (χ4n) is 2.32. The Morgan fingerprint density at radius 3 is 2.18 bits per heavy atom. The van der Waals surface area contributed by atoms with E-state index in [0.717, 1.165) is 32.6 Å². The Labute approximate surface area is 137 Å². The average molecular weight is 316 g/mol. The Morgan fingerprint density at radius 2 is 1.68 bits per heavy atom. The van der Waals surface area contributed by atoms with Gasteiger partial charge in [0, 0.05) is 45.4 Å². The van der Waals surface area contributed by atoms with Gasteiger partial charge in [0.15, 0.2) is 0 Å². The van der Waals surface area contributed by atoms with Crippen LogP contribution in [-0.4, -0.2) is 73.7 Å². The zero-order valence-electron chi connectivity index (χ0n) is 15.5. The fourth-order valence-corrected chi connectivity index (χ4v) is 2.32. The van der Waals surface area contributed by atoms with Crippen molar-refractivity contribution >= 4 is 5.91 Å². The van der Waals surface area contributed by atoms with Crippen LogP contribution in [-0.2, 0) is 9.53 Å². The van der Waals surface area contributed by atoms with Crippen molar-refractivity contribution in [2.24, 2.45) is 0 Å². The first-order valence-electron chi connectivity index (χ1n) is 8.83. The molecule has 1 N–H and O–H groups in total. The molecule has 0 aromatic carbocycles. The minimum atomic E-state index is 0.132. The summed E-state index contributed by atoms with van der Waals surface area (Å²) in [6.07, 6.45) is 1.15. The summed E-state index contributed by atoms with van der Waals surface area (Å²) in [6, 6.07) is 0.604. The van der Waals surface area contributed by atoms with Crippen molar-refractivity contribution in [1.29, 1.82) is 0 Å². The molecule has 1 fully saturated rings. The molecule has 0 atom stereocenters. The predicted molar refractivity (Wildman–Crippen MR) is 93.2 cm³/mol. The summed E-state index contributed by atoms with van der Waals surface area (Å²) in [7, 11) is 0. The second-order valence-corrected chi connectivity index (χ2v) is 6.03. The molecule has 1 heterocycles. The van der Waals surface area contributed by atoms with Gasteiger partial charge in [0.05, 0.1) is 12.6 Å². The molecule has 1 amide bonds. The topological polar surface area (TPSA) is 44.8 Å². The number of rotatable bonds is 8. The summed E-state index contributed by atoms with van der Waals surface area (Å²) in [5, 5.41) is 2.96. The molecule has 1 aliphatic heterocycles. The molecule has 1 saturated heterocycles. The van der Waals surface area contributed by atoms with E-state index < -0.39 is 0 Å². The highest BCUT2D eigenvalue weighted by Crippen LogP contribution is 2.05. The van der Waals surface area contributed by atoms with Crippen molar-refractivity contribution in [3.05, 3.63) is 0 Å². The minimum Gasteiger partial charge on any atom is -0.379 e. The molecule has 1 aliphatic rings. The molecule has 0 aliphatic carbocycles. The molecular weight excluding hydrogens is 278 g/mol. The third-order valence-electron chi connectivity index (χ3n) is 3.60. The van der Waals surface area contributed by atoms with Gasteiger partial charge in [-0.3, -0.25) is 14.6 Å². The third kappa shape index (κ3) is 10.1. The smallest absolute Gasteiger partial charge is 0.234 e. The van der Waals surface area contributed by atoms with Crippen molar-refractivity contribution in [3.63, 3.8) is 0 Å². The molecule has 0 bridgehead atoms. The number of piperazine rings is 1. The summed E-state index contributed by atoms with van der Waals surface area (Å²) in [5.74, 6) is 0.132. The van der Waals surface area contributed by atoms with Gasteiger partial charge in [0.2, 0.25) is 5.91 Å². The van der Waals surface area contributed by atoms with Gasteiger partial charge in [-0.15, -0.1) is 0 Å². The zero-order chi connectivity index (χ0) is 17.0. The number of carbonyl (C=O) groups excluding carboxylic acids is 1. The van der Waals surface area contributed by atoms with Crippen LogP contribution in [0.5, 0.6) is 0 Å². The molecular formula is C17H37N3O2. The number of hydrogen-bond acceptors (Lipinski definition) is 4. The Kier molecular flexibility index (Phi) is 12.5. The van der Waals surface area contributed by atoms with E-state index in [9.17, 15) is 4.79 Å². The molecule has 0 radical (unpaired) electrons. The molecule has 0 saturated carbocycles. The van der Waals surface area contributed by atoms with Crippen LogP contribution >= 0.6 is 0 Å². The van der Waals surface area contributed by atoms with E-state index >= 15 is 0 Å². The predicted octanol–water partition coefficient (Wildman–Crippen LogP) is 1.97. The van der Waals surface area contributed by atoms with Gasteiger partial charge in [-0.25, -0.2) is 0 Å². The lowest BCUT2D eigenvalue weighted by atomic mass is 10.2. The Balaban J connectivity index is 0.00000211. The summed E-state index contributed by atoms with van der Waals surface area (Å²) in [5.41, 5.74) is 0. The minimum absolute atomic E-state index is 0.132. The zero-order valence-corrected chi connectivity index (χ0v) is 15.5. The number of carbonyl (C=O) groups is 1. The van der Waals surface area contributed by atoms with E-state index in [-0.39, 0.29) is 12.0 Å². The molecule has 22 heavy (non-hydrogen) atoms. The Hall–Kier alpha value is -0.650. The van der Waals surface area contributed by atoms with Crippen LogP contribution in [0.4, 0.5) is 0 Å². The lowest BCUT2D eigenvalue weighted by Crippen LogP contribution is -2.51. The number of amides is 1. The van der Waals surface area contributed by atoms with Crippen molar-refractivity contribution in [2.45, 2.75) is 60.1 Å². The van der Waals surface area contributed by atoms with Crippen molar-refractivity contribution < 1.29 is 9.53 Å². The standard InChI is InChI=1S/C15H31N3O2.C2H6/c1-13(2)18-9-7-17(8-10-18)12-15(19)16-6-5-11-20-14(3)4;1-2/h13-14H,5-12H2,1-4H3,(H,16,19);1-2H3. The third-order valence-corrected chi connectivity index (χ3v) is 3.60. The summed E-state index contributed by atoms with van der Waals surface area (Å²) in [6.45, 7) is 18.5. The first-order valence-corrected chi connectivity index (χ1v) is 8.83. The van der Waals surface area contributed by atoms with Crippen molar-refractivity contribution in [3.8, 4) is 0 Å². The van der Waals surface area contributed by atoms with Crippen molar-refractivity contribution in [1.82, 2.24) is 15.1 Å². The second-order valence-electron chi connectivity index (χ2n) is 6.03. The van der Waals surface area contributed by atoms with Crippen LogP contribution < -0.4 is 5.32 Å². The molecule has 1 rings (SSSR count). The van der Waals surface area contributed by atoms with Gasteiger partial charge < -0.3 is 10.1 Å². The monoisotopic (exact) mass is 315 g/mol. The van der Waals surface area contributed by atoms with E-state index in [2.05, 4.69) is 29.0 Å². The number of hydrogen-bond donors (Lipinski definition) is 1. The molecule has 5 heteroatoms.